The molecule has 112 valence electrons. The first-order valence-corrected chi connectivity index (χ1v) is 6.39. The van der Waals surface area contributed by atoms with Gasteiger partial charge in [0.15, 0.2) is 11.6 Å². The van der Waals surface area contributed by atoms with Crippen molar-refractivity contribution in [3.05, 3.63) is 36.2 Å². The SMILES string of the molecule is COc1cccc(CN(C)c2ncnc(NN)c2OC)c1. The number of nitrogens with zero attached hydrogens (tertiary/aromatic N) is 3. The molecule has 1 aromatic carbocycles. The van der Waals surface area contributed by atoms with Gasteiger partial charge in [-0.15, -0.1) is 0 Å². The predicted molar refractivity (Wildman–Crippen MR) is 81.5 cm³/mol. The van der Waals surface area contributed by atoms with E-state index in [1.165, 1.54) is 6.33 Å². The zero-order valence-corrected chi connectivity index (χ0v) is 12.3. The van der Waals surface area contributed by atoms with Gasteiger partial charge in [-0.1, -0.05) is 12.1 Å². The monoisotopic (exact) mass is 289 g/mol. The summed E-state index contributed by atoms with van der Waals surface area (Å²) in [4.78, 5) is 10.2. The number of anilines is 2. The molecular weight excluding hydrogens is 270 g/mol. The van der Waals surface area contributed by atoms with Gasteiger partial charge in [-0.2, -0.15) is 0 Å². The van der Waals surface area contributed by atoms with Gasteiger partial charge < -0.3 is 19.8 Å². The highest BCUT2D eigenvalue weighted by molar-refractivity contribution is 5.64. The number of hydrogen-bond acceptors (Lipinski definition) is 7. The highest BCUT2D eigenvalue weighted by atomic mass is 16.5. The number of methoxy groups -OCH3 is 2. The molecule has 0 bridgehead atoms. The molecule has 0 radical (unpaired) electrons. The third-order valence-electron chi connectivity index (χ3n) is 3.04. The Morgan fingerprint density at radius 1 is 1.24 bits per heavy atom. The second kappa shape index (κ2) is 6.76. The van der Waals surface area contributed by atoms with Crippen LogP contribution in [0.15, 0.2) is 30.6 Å². The summed E-state index contributed by atoms with van der Waals surface area (Å²) < 4.78 is 10.6. The summed E-state index contributed by atoms with van der Waals surface area (Å²) in [6.45, 7) is 0.647. The normalized spacial score (nSPS) is 10.1. The lowest BCUT2D eigenvalue weighted by atomic mass is 10.2. The first kappa shape index (κ1) is 14.9. The first-order valence-electron chi connectivity index (χ1n) is 6.39. The topological polar surface area (TPSA) is 85.5 Å². The molecule has 0 fully saturated rings. The van der Waals surface area contributed by atoms with Crippen molar-refractivity contribution in [2.75, 3.05) is 31.6 Å². The fourth-order valence-electron chi connectivity index (χ4n) is 2.05. The van der Waals surface area contributed by atoms with Crippen LogP contribution in [0.5, 0.6) is 11.5 Å². The molecule has 0 saturated heterocycles. The quantitative estimate of drug-likeness (QED) is 0.614. The maximum Gasteiger partial charge on any atom is 0.205 e. The molecule has 0 spiro atoms. The minimum absolute atomic E-state index is 0.444. The molecule has 0 aliphatic rings. The Hall–Kier alpha value is -2.54. The summed E-state index contributed by atoms with van der Waals surface area (Å²) >= 11 is 0. The largest absolute Gasteiger partial charge is 0.497 e. The molecule has 7 nitrogen and oxygen atoms in total. The summed E-state index contributed by atoms with van der Waals surface area (Å²) in [7, 11) is 5.13. The van der Waals surface area contributed by atoms with Gasteiger partial charge in [-0.05, 0) is 17.7 Å². The third-order valence-corrected chi connectivity index (χ3v) is 3.04. The second-order valence-corrected chi connectivity index (χ2v) is 4.43. The standard InChI is InChI=1S/C14H19N5O2/c1-19(8-10-5-4-6-11(7-10)20-2)14-12(21-3)13(18-15)16-9-17-14/h4-7,9H,8,15H2,1-3H3,(H,16,17,18). The Morgan fingerprint density at radius 2 is 2.05 bits per heavy atom. The summed E-state index contributed by atoms with van der Waals surface area (Å²) in [5, 5.41) is 0. The van der Waals surface area contributed by atoms with Crippen LogP contribution in [0.4, 0.5) is 11.6 Å². The number of nitrogens with one attached hydrogen (secondary N) is 1. The van der Waals surface area contributed by atoms with Crippen LogP contribution in [-0.2, 0) is 6.54 Å². The van der Waals surface area contributed by atoms with Gasteiger partial charge in [0.1, 0.15) is 12.1 Å². The van der Waals surface area contributed by atoms with Crippen molar-refractivity contribution >= 4 is 11.6 Å². The van der Waals surface area contributed by atoms with Gasteiger partial charge in [0.25, 0.3) is 0 Å². The van der Waals surface area contributed by atoms with E-state index >= 15 is 0 Å². The van der Waals surface area contributed by atoms with Crippen molar-refractivity contribution in [1.29, 1.82) is 0 Å². The smallest absolute Gasteiger partial charge is 0.205 e. The van der Waals surface area contributed by atoms with E-state index in [4.69, 9.17) is 15.3 Å². The zero-order valence-electron chi connectivity index (χ0n) is 12.3. The Balaban J connectivity index is 2.25. The molecular formula is C14H19N5O2. The number of rotatable bonds is 6. The van der Waals surface area contributed by atoms with E-state index in [9.17, 15) is 0 Å². The van der Waals surface area contributed by atoms with Crippen LogP contribution < -0.4 is 25.6 Å². The van der Waals surface area contributed by atoms with Crippen LogP contribution in [0.3, 0.4) is 0 Å². The Bertz CT molecular complexity index is 606. The summed E-state index contributed by atoms with van der Waals surface area (Å²) in [6, 6.07) is 7.86. The fraction of sp³-hybridized carbons (Fsp3) is 0.286. The molecule has 0 aliphatic heterocycles. The van der Waals surface area contributed by atoms with Crippen LogP contribution in [-0.4, -0.2) is 31.2 Å². The number of aromatic nitrogens is 2. The number of nitrogens with two attached hydrogens (primary N) is 1. The van der Waals surface area contributed by atoms with Crippen LogP contribution in [0, 0.1) is 0 Å². The average molecular weight is 289 g/mol. The van der Waals surface area contributed by atoms with Crippen molar-refractivity contribution in [3.63, 3.8) is 0 Å². The van der Waals surface area contributed by atoms with Crippen molar-refractivity contribution in [2.45, 2.75) is 6.54 Å². The van der Waals surface area contributed by atoms with Crippen molar-refractivity contribution in [3.8, 4) is 11.5 Å². The Kier molecular flexibility index (Phi) is 4.78. The van der Waals surface area contributed by atoms with Gasteiger partial charge in [-0.25, -0.2) is 15.8 Å². The van der Waals surface area contributed by atoms with E-state index in [0.29, 0.717) is 23.9 Å². The van der Waals surface area contributed by atoms with Gasteiger partial charge in [0.2, 0.25) is 5.75 Å². The lowest BCUT2D eigenvalue weighted by molar-refractivity contribution is 0.412. The molecule has 0 amide bonds. The van der Waals surface area contributed by atoms with Crippen molar-refractivity contribution in [1.82, 2.24) is 9.97 Å². The molecule has 0 atom stereocenters. The van der Waals surface area contributed by atoms with E-state index in [2.05, 4.69) is 15.4 Å². The van der Waals surface area contributed by atoms with E-state index in [-0.39, 0.29) is 0 Å². The molecule has 0 saturated carbocycles. The van der Waals surface area contributed by atoms with E-state index in [1.807, 2.05) is 36.2 Å². The highest BCUT2D eigenvalue weighted by Gasteiger charge is 2.15. The van der Waals surface area contributed by atoms with Crippen LogP contribution >= 0.6 is 0 Å². The molecule has 1 heterocycles. The van der Waals surface area contributed by atoms with Crippen LogP contribution in [0.2, 0.25) is 0 Å². The second-order valence-electron chi connectivity index (χ2n) is 4.43. The lowest BCUT2D eigenvalue weighted by Crippen LogP contribution is -2.20. The van der Waals surface area contributed by atoms with Gasteiger partial charge in [0.05, 0.1) is 14.2 Å². The number of hydrogen-bond donors (Lipinski definition) is 2. The minimum Gasteiger partial charge on any atom is -0.497 e. The maximum absolute atomic E-state index is 5.43. The van der Waals surface area contributed by atoms with Crippen molar-refractivity contribution in [2.24, 2.45) is 5.84 Å². The lowest BCUT2D eigenvalue weighted by Gasteiger charge is -2.21. The fourth-order valence-corrected chi connectivity index (χ4v) is 2.05. The third kappa shape index (κ3) is 3.32. The zero-order chi connectivity index (χ0) is 15.2. The molecule has 1 aromatic heterocycles. The molecule has 21 heavy (non-hydrogen) atoms. The number of hydrazine groups is 1. The molecule has 7 heteroatoms. The van der Waals surface area contributed by atoms with Gasteiger partial charge in [0, 0.05) is 13.6 Å². The average Bonchev–Trinajstić information content (AvgIpc) is 2.53. The molecule has 0 unspecified atom stereocenters. The maximum atomic E-state index is 5.43. The van der Waals surface area contributed by atoms with Crippen LogP contribution in [0.25, 0.3) is 0 Å². The van der Waals surface area contributed by atoms with Gasteiger partial charge in [-0.3, -0.25) is 0 Å². The number of nitrogen functional groups attached to an aromatic ring is 1. The van der Waals surface area contributed by atoms with Gasteiger partial charge >= 0.3 is 0 Å². The highest BCUT2D eigenvalue weighted by Crippen LogP contribution is 2.31. The summed E-state index contributed by atoms with van der Waals surface area (Å²) in [5.41, 5.74) is 3.60. The first-order chi connectivity index (χ1) is 10.2. The van der Waals surface area contributed by atoms with E-state index < -0.39 is 0 Å². The van der Waals surface area contributed by atoms with Crippen LogP contribution in [0.1, 0.15) is 5.56 Å². The Morgan fingerprint density at radius 3 is 2.71 bits per heavy atom. The molecule has 2 rings (SSSR count). The van der Waals surface area contributed by atoms with Crippen molar-refractivity contribution < 1.29 is 9.47 Å². The Labute approximate surface area is 123 Å². The minimum atomic E-state index is 0.444. The molecule has 3 N–H and O–H groups in total. The number of ether oxygens (including phenoxy) is 2. The summed E-state index contributed by atoms with van der Waals surface area (Å²) in [6.07, 6.45) is 1.44. The number of benzene rings is 1. The predicted octanol–water partition coefficient (Wildman–Crippen LogP) is 1.42. The molecule has 2 aromatic rings. The molecule has 0 aliphatic carbocycles. The van der Waals surface area contributed by atoms with E-state index in [0.717, 1.165) is 11.3 Å². The summed E-state index contributed by atoms with van der Waals surface area (Å²) in [5.74, 6) is 7.85. The van der Waals surface area contributed by atoms with E-state index in [1.54, 1.807) is 14.2 Å².